The Labute approximate surface area is 134 Å². The van der Waals surface area contributed by atoms with Crippen molar-refractivity contribution in [2.45, 2.75) is 19.8 Å². The number of rotatable bonds is 4. The fourth-order valence-corrected chi connectivity index (χ4v) is 2.84. The predicted octanol–water partition coefficient (Wildman–Crippen LogP) is 3.38. The minimum absolute atomic E-state index is 0.0286. The van der Waals surface area contributed by atoms with Gasteiger partial charge in [-0.25, -0.2) is 4.98 Å². The van der Waals surface area contributed by atoms with E-state index in [4.69, 9.17) is 0 Å². The fraction of sp³-hybridized carbons (Fsp3) is 0.278. The van der Waals surface area contributed by atoms with E-state index in [0.29, 0.717) is 17.4 Å². The number of amides is 1. The van der Waals surface area contributed by atoms with E-state index in [1.807, 2.05) is 53.9 Å². The molecule has 0 bridgehead atoms. The highest BCUT2D eigenvalue weighted by Gasteiger charge is 2.33. The number of hydrogen-bond donors (Lipinski definition) is 1. The number of hydrogen-bond acceptors (Lipinski definition) is 3. The topological polar surface area (TPSA) is 59.3 Å². The molecule has 1 amide bonds. The van der Waals surface area contributed by atoms with Crippen LogP contribution < -0.4 is 5.32 Å². The number of nitrogens with one attached hydrogen (secondary N) is 1. The summed E-state index contributed by atoms with van der Waals surface area (Å²) in [6.45, 7) is 2.00. The third-order valence-corrected chi connectivity index (χ3v) is 4.42. The van der Waals surface area contributed by atoms with Gasteiger partial charge in [-0.1, -0.05) is 19.1 Å². The zero-order valence-electron chi connectivity index (χ0n) is 12.9. The Kier molecular flexibility index (Phi) is 3.33. The van der Waals surface area contributed by atoms with E-state index in [-0.39, 0.29) is 11.8 Å². The molecule has 0 aliphatic heterocycles. The standard InChI is InChI=1S/C18H18N4O/c1-12(13-8-9-13)18(23)21-17-16(14-6-2-4-10-19-14)20-15-7-3-5-11-22(15)17/h2-7,10-13H,8-9H2,1H3,(H,21,23)/t12-/m1/s1. The van der Waals surface area contributed by atoms with Crippen molar-refractivity contribution in [3.8, 4) is 11.4 Å². The summed E-state index contributed by atoms with van der Waals surface area (Å²) in [6, 6.07) is 11.5. The molecule has 5 nitrogen and oxygen atoms in total. The molecule has 1 N–H and O–H groups in total. The lowest BCUT2D eigenvalue weighted by molar-refractivity contribution is -0.119. The van der Waals surface area contributed by atoms with Crippen LogP contribution >= 0.6 is 0 Å². The van der Waals surface area contributed by atoms with Gasteiger partial charge in [-0.2, -0.15) is 0 Å². The molecule has 1 saturated carbocycles. The van der Waals surface area contributed by atoms with Gasteiger partial charge >= 0.3 is 0 Å². The average molecular weight is 306 g/mol. The molecule has 23 heavy (non-hydrogen) atoms. The predicted molar refractivity (Wildman–Crippen MR) is 88.9 cm³/mol. The highest BCUT2D eigenvalue weighted by molar-refractivity contribution is 5.95. The molecular weight excluding hydrogens is 288 g/mol. The zero-order chi connectivity index (χ0) is 15.8. The van der Waals surface area contributed by atoms with Crippen LogP contribution in [0.4, 0.5) is 5.82 Å². The molecule has 1 aliphatic carbocycles. The minimum atomic E-state index is 0.0286. The lowest BCUT2D eigenvalue weighted by Crippen LogP contribution is -2.23. The van der Waals surface area contributed by atoms with Crippen molar-refractivity contribution in [1.29, 1.82) is 0 Å². The lowest BCUT2D eigenvalue weighted by Gasteiger charge is -2.12. The Balaban J connectivity index is 1.78. The van der Waals surface area contributed by atoms with Crippen LogP contribution in [0.2, 0.25) is 0 Å². The molecule has 0 radical (unpaired) electrons. The molecule has 0 unspecified atom stereocenters. The number of nitrogens with zero attached hydrogens (tertiary/aromatic N) is 3. The second kappa shape index (κ2) is 5.50. The van der Waals surface area contributed by atoms with Crippen LogP contribution in [0.3, 0.4) is 0 Å². The highest BCUT2D eigenvalue weighted by Crippen LogP contribution is 2.37. The van der Waals surface area contributed by atoms with Crippen molar-refractivity contribution in [1.82, 2.24) is 14.4 Å². The van der Waals surface area contributed by atoms with Crippen molar-refractivity contribution >= 4 is 17.4 Å². The van der Waals surface area contributed by atoms with Crippen molar-refractivity contribution < 1.29 is 4.79 Å². The van der Waals surface area contributed by atoms with Crippen molar-refractivity contribution in [3.05, 3.63) is 48.8 Å². The lowest BCUT2D eigenvalue weighted by atomic mass is 10.1. The molecule has 1 atom stereocenters. The zero-order valence-corrected chi connectivity index (χ0v) is 12.9. The maximum atomic E-state index is 12.5. The summed E-state index contributed by atoms with van der Waals surface area (Å²) >= 11 is 0. The van der Waals surface area contributed by atoms with Crippen LogP contribution in [-0.2, 0) is 4.79 Å². The van der Waals surface area contributed by atoms with Gasteiger partial charge in [0.2, 0.25) is 5.91 Å². The Morgan fingerprint density at radius 1 is 1.26 bits per heavy atom. The van der Waals surface area contributed by atoms with E-state index in [1.165, 1.54) is 0 Å². The fourth-order valence-electron chi connectivity index (χ4n) is 2.84. The summed E-state index contributed by atoms with van der Waals surface area (Å²) in [7, 11) is 0. The first-order chi connectivity index (χ1) is 11.2. The largest absolute Gasteiger partial charge is 0.310 e. The first-order valence-corrected chi connectivity index (χ1v) is 7.93. The Morgan fingerprint density at radius 2 is 2.09 bits per heavy atom. The molecule has 1 fully saturated rings. The highest BCUT2D eigenvalue weighted by atomic mass is 16.2. The van der Waals surface area contributed by atoms with Gasteiger partial charge in [-0.15, -0.1) is 0 Å². The monoisotopic (exact) mass is 306 g/mol. The van der Waals surface area contributed by atoms with Gasteiger partial charge in [0.05, 0.1) is 5.69 Å². The van der Waals surface area contributed by atoms with Crippen molar-refractivity contribution in [2.75, 3.05) is 5.32 Å². The number of fused-ring (bicyclic) bond motifs is 1. The third kappa shape index (κ3) is 2.59. The smallest absolute Gasteiger partial charge is 0.228 e. The van der Waals surface area contributed by atoms with Crippen molar-refractivity contribution in [3.63, 3.8) is 0 Å². The van der Waals surface area contributed by atoms with Gasteiger partial charge in [0.1, 0.15) is 17.2 Å². The second-order valence-electron chi connectivity index (χ2n) is 6.07. The molecule has 0 saturated heterocycles. The maximum absolute atomic E-state index is 12.5. The van der Waals surface area contributed by atoms with E-state index < -0.39 is 0 Å². The van der Waals surface area contributed by atoms with Crippen LogP contribution in [0.15, 0.2) is 48.8 Å². The molecule has 3 aromatic heterocycles. The third-order valence-electron chi connectivity index (χ3n) is 4.42. The number of pyridine rings is 2. The molecule has 0 spiro atoms. The van der Waals surface area contributed by atoms with Gasteiger partial charge < -0.3 is 5.32 Å². The van der Waals surface area contributed by atoms with Gasteiger partial charge in [0, 0.05) is 18.3 Å². The molecule has 4 rings (SSSR count). The summed E-state index contributed by atoms with van der Waals surface area (Å²) in [5.41, 5.74) is 2.25. The van der Waals surface area contributed by atoms with Gasteiger partial charge in [0.15, 0.2) is 0 Å². The molecule has 0 aromatic carbocycles. The van der Waals surface area contributed by atoms with Crippen LogP contribution in [0.1, 0.15) is 19.8 Å². The number of aromatic nitrogens is 3. The summed E-state index contributed by atoms with van der Waals surface area (Å²) in [5, 5.41) is 3.07. The first kappa shape index (κ1) is 13.9. The molecule has 3 aromatic rings. The second-order valence-corrected chi connectivity index (χ2v) is 6.07. The first-order valence-electron chi connectivity index (χ1n) is 7.93. The SMILES string of the molecule is C[C@@H](C(=O)Nc1c(-c2ccccn2)nc2ccccn12)C1CC1. The maximum Gasteiger partial charge on any atom is 0.228 e. The minimum Gasteiger partial charge on any atom is -0.310 e. The van der Waals surface area contributed by atoms with Gasteiger partial charge in [-0.05, 0) is 43.0 Å². The average Bonchev–Trinajstić information content (AvgIpc) is 3.38. The summed E-state index contributed by atoms with van der Waals surface area (Å²) in [5.74, 6) is 1.29. The Hall–Kier alpha value is -2.69. The number of imidazole rings is 1. The Bertz CT molecular complexity index is 852. The van der Waals surface area contributed by atoms with Gasteiger partial charge in [0.25, 0.3) is 0 Å². The van der Waals surface area contributed by atoms with Crippen LogP contribution in [0.25, 0.3) is 17.0 Å². The number of carbonyl (C=O) groups excluding carboxylic acids is 1. The van der Waals surface area contributed by atoms with E-state index in [0.717, 1.165) is 24.2 Å². The van der Waals surface area contributed by atoms with E-state index >= 15 is 0 Å². The summed E-state index contributed by atoms with van der Waals surface area (Å²) in [4.78, 5) is 21.6. The van der Waals surface area contributed by atoms with Gasteiger partial charge in [-0.3, -0.25) is 14.2 Å². The molecule has 3 heterocycles. The normalized spacial score (nSPS) is 15.5. The van der Waals surface area contributed by atoms with Crippen LogP contribution in [-0.4, -0.2) is 20.3 Å². The van der Waals surface area contributed by atoms with Crippen LogP contribution in [0.5, 0.6) is 0 Å². The quantitative estimate of drug-likeness (QED) is 0.804. The summed E-state index contributed by atoms with van der Waals surface area (Å²) in [6.07, 6.45) is 5.94. The van der Waals surface area contributed by atoms with E-state index in [9.17, 15) is 4.79 Å². The molecule has 5 heteroatoms. The van der Waals surface area contributed by atoms with E-state index in [1.54, 1.807) is 6.20 Å². The van der Waals surface area contributed by atoms with E-state index in [2.05, 4.69) is 15.3 Å². The number of carbonyl (C=O) groups is 1. The molecule has 1 aliphatic rings. The molecular formula is C18H18N4O. The van der Waals surface area contributed by atoms with Crippen molar-refractivity contribution in [2.24, 2.45) is 11.8 Å². The Morgan fingerprint density at radius 3 is 2.83 bits per heavy atom. The summed E-state index contributed by atoms with van der Waals surface area (Å²) < 4.78 is 1.90. The van der Waals surface area contributed by atoms with Crippen LogP contribution in [0, 0.1) is 11.8 Å². The molecule has 116 valence electrons. The number of anilines is 1.